The van der Waals surface area contributed by atoms with Crippen LogP contribution in [0.1, 0.15) is 36.9 Å². The number of hydrogen-bond acceptors (Lipinski definition) is 5. The summed E-state index contributed by atoms with van der Waals surface area (Å²) in [7, 11) is 0. The fourth-order valence-corrected chi connectivity index (χ4v) is 3.93. The number of hydrogen-bond donors (Lipinski definition) is 5. The Kier molecular flexibility index (Phi) is 4.55. The number of fused-ring (bicyclic) bond motifs is 6. The van der Waals surface area contributed by atoms with Crippen molar-refractivity contribution in [1.29, 1.82) is 0 Å². The highest BCUT2D eigenvalue weighted by Crippen LogP contribution is 2.38. The van der Waals surface area contributed by atoms with Crippen molar-refractivity contribution in [2.24, 2.45) is 0 Å². The highest BCUT2D eigenvalue weighted by atomic mass is 19.4. The van der Waals surface area contributed by atoms with Crippen molar-refractivity contribution in [3.8, 4) is 11.4 Å². The van der Waals surface area contributed by atoms with Crippen LogP contribution in [0.3, 0.4) is 0 Å². The van der Waals surface area contributed by atoms with E-state index in [1.165, 1.54) is 18.2 Å². The molecule has 0 bridgehead atoms. The molecule has 0 saturated heterocycles. The van der Waals surface area contributed by atoms with Gasteiger partial charge in [-0.15, -0.1) is 0 Å². The Morgan fingerprint density at radius 1 is 0.800 bits per heavy atom. The van der Waals surface area contributed by atoms with E-state index >= 15 is 0 Å². The Bertz CT molecular complexity index is 1730. The lowest BCUT2D eigenvalue weighted by Gasteiger charge is -2.08. The maximum absolute atomic E-state index is 13.2. The standard InChI is InChI=1S/C22H11F3N4O6/c23-22(24,25)8-3-1-2-7(4-8)18-28-15-10-6-12(21(34)35)26-14(10)13-9(19(30)31)5-11(20(32)33)27-16(13)17(15)29-18/h1-6,26-27H,(H,30,31)(H,32,33)(H,34,35). The van der Waals surface area contributed by atoms with E-state index in [1.807, 2.05) is 0 Å². The number of nitrogens with zero attached hydrogens (tertiary/aromatic N) is 2. The van der Waals surface area contributed by atoms with E-state index in [0.717, 1.165) is 18.2 Å². The molecular weight excluding hydrogens is 473 g/mol. The Morgan fingerprint density at radius 3 is 2.06 bits per heavy atom. The SMILES string of the molecule is O=C(O)c1cc2c3nc(-c4cccc(C(F)(F)F)c4)nc3c3[nH]c(C(=O)O)cc(C(=O)O)c3c2[nH]1. The van der Waals surface area contributed by atoms with E-state index in [1.54, 1.807) is 0 Å². The van der Waals surface area contributed by atoms with E-state index in [-0.39, 0.29) is 49.9 Å². The zero-order valence-electron chi connectivity index (χ0n) is 17.1. The molecule has 35 heavy (non-hydrogen) atoms. The van der Waals surface area contributed by atoms with E-state index in [0.29, 0.717) is 0 Å². The molecule has 2 aromatic carbocycles. The van der Waals surface area contributed by atoms with Gasteiger partial charge in [-0.3, -0.25) is 0 Å². The number of halogens is 3. The number of rotatable bonds is 4. The molecule has 0 fully saturated rings. The molecule has 3 heterocycles. The highest BCUT2D eigenvalue weighted by Gasteiger charge is 2.31. The van der Waals surface area contributed by atoms with Crippen molar-refractivity contribution in [1.82, 2.24) is 19.9 Å². The summed E-state index contributed by atoms with van der Waals surface area (Å²) in [5.74, 6) is -4.47. The van der Waals surface area contributed by atoms with Crippen molar-refractivity contribution in [3.63, 3.8) is 0 Å². The predicted molar refractivity (Wildman–Crippen MR) is 115 cm³/mol. The lowest BCUT2D eigenvalue weighted by Crippen LogP contribution is -2.07. The van der Waals surface area contributed by atoms with E-state index in [2.05, 4.69) is 19.9 Å². The summed E-state index contributed by atoms with van der Waals surface area (Å²) in [6.07, 6.45) is -4.63. The molecule has 0 spiro atoms. The van der Waals surface area contributed by atoms with Crippen LogP contribution in [0.4, 0.5) is 13.2 Å². The summed E-state index contributed by atoms with van der Waals surface area (Å²) in [6.45, 7) is 0. The van der Waals surface area contributed by atoms with Crippen LogP contribution in [0.25, 0.3) is 44.2 Å². The summed E-state index contributed by atoms with van der Waals surface area (Å²) in [5, 5.41) is 28.7. The molecule has 0 unspecified atom stereocenters. The molecule has 5 rings (SSSR count). The van der Waals surface area contributed by atoms with Gasteiger partial charge < -0.3 is 25.3 Å². The third-order valence-electron chi connectivity index (χ3n) is 5.43. The number of aromatic nitrogens is 4. The Hall–Kier alpha value is -4.94. The van der Waals surface area contributed by atoms with Crippen molar-refractivity contribution in [2.75, 3.05) is 0 Å². The molecule has 3 aromatic heterocycles. The molecule has 0 aliphatic rings. The fraction of sp³-hybridized carbons (Fsp3) is 0.0455. The van der Waals surface area contributed by atoms with Gasteiger partial charge in [0, 0.05) is 16.3 Å². The van der Waals surface area contributed by atoms with Gasteiger partial charge in [0.1, 0.15) is 22.4 Å². The second kappa shape index (κ2) is 7.28. The summed E-state index contributed by atoms with van der Waals surface area (Å²) in [6, 6.07) is 6.30. The molecule has 5 aromatic rings. The molecule has 0 aliphatic heterocycles. The van der Waals surface area contributed by atoms with E-state index in [9.17, 15) is 42.9 Å². The summed E-state index contributed by atoms with van der Waals surface area (Å²) < 4.78 is 39.6. The van der Waals surface area contributed by atoms with Crippen LogP contribution < -0.4 is 0 Å². The molecule has 0 aliphatic carbocycles. The number of aromatic carboxylic acids is 3. The van der Waals surface area contributed by atoms with Crippen molar-refractivity contribution in [3.05, 3.63) is 58.9 Å². The first kappa shape index (κ1) is 21.9. The van der Waals surface area contributed by atoms with Crippen LogP contribution in [0.15, 0.2) is 36.4 Å². The number of H-pyrrole nitrogens is 2. The monoisotopic (exact) mass is 484 g/mol. The molecular formula is C22H11F3N4O6. The van der Waals surface area contributed by atoms with E-state index in [4.69, 9.17) is 0 Å². The zero-order valence-corrected chi connectivity index (χ0v) is 17.1. The van der Waals surface area contributed by atoms with Gasteiger partial charge in [-0.05, 0) is 24.3 Å². The minimum absolute atomic E-state index is 0.000772. The van der Waals surface area contributed by atoms with Crippen molar-refractivity contribution >= 4 is 50.7 Å². The molecule has 13 heteroatoms. The molecule has 10 nitrogen and oxygen atoms in total. The average molecular weight is 484 g/mol. The number of imidazole rings is 1. The average Bonchev–Trinajstić information content (AvgIpc) is 3.43. The fourth-order valence-electron chi connectivity index (χ4n) is 3.93. The van der Waals surface area contributed by atoms with Crippen LogP contribution in [0.2, 0.25) is 0 Å². The Morgan fingerprint density at radius 2 is 1.43 bits per heavy atom. The summed E-state index contributed by atoms with van der Waals surface area (Å²) >= 11 is 0. The first-order chi connectivity index (χ1) is 16.5. The summed E-state index contributed by atoms with van der Waals surface area (Å²) in [4.78, 5) is 49.0. The quantitative estimate of drug-likeness (QED) is 0.250. The maximum atomic E-state index is 13.2. The highest BCUT2D eigenvalue weighted by molar-refractivity contribution is 6.26. The van der Waals surface area contributed by atoms with Gasteiger partial charge >= 0.3 is 24.1 Å². The van der Waals surface area contributed by atoms with Crippen LogP contribution >= 0.6 is 0 Å². The summed E-state index contributed by atoms with van der Waals surface area (Å²) in [5.41, 5.74) is -2.26. The van der Waals surface area contributed by atoms with Gasteiger partial charge in [-0.2, -0.15) is 13.2 Å². The lowest BCUT2D eigenvalue weighted by atomic mass is 10.0. The van der Waals surface area contributed by atoms with Gasteiger partial charge in [0.2, 0.25) is 0 Å². The third kappa shape index (κ3) is 3.40. The van der Waals surface area contributed by atoms with Crippen LogP contribution in [-0.2, 0) is 6.18 Å². The molecule has 0 amide bonds. The predicted octanol–water partition coefficient (Wildman–Crippen LogP) is 4.37. The number of aromatic amines is 2. The van der Waals surface area contributed by atoms with Crippen molar-refractivity contribution in [2.45, 2.75) is 6.18 Å². The lowest BCUT2D eigenvalue weighted by molar-refractivity contribution is -0.137. The van der Waals surface area contributed by atoms with Gasteiger partial charge in [-0.25, -0.2) is 24.4 Å². The van der Waals surface area contributed by atoms with E-state index < -0.39 is 40.9 Å². The van der Waals surface area contributed by atoms with Crippen molar-refractivity contribution < 1.29 is 42.9 Å². The topological polar surface area (TPSA) is 169 Å². The normalized spacial score (nSPS) is 12.0. The second-order valence-electron chi connectivity index (χ2n) is 7.56. The smallest absolute Gasteiger partial charge is 0.416 e. The first-order valence-corrected chi connectivity index (χ1v) is 9.72. The molecule has 0 radical (unpaired) electrons. The van der Waals surface area contributed by atoms with Crippen LogP contribution in [0, 0.1) is 0 Å². The minimum Gasteiger partial charge on any atom is -0.478 e. The molecule has 176 valence electrons. The molecule has 0 atom stereocenters. The second-order valence-corrected chi connectivity index (χ2v) is 7.56. The maximum Gasteiger partial charge on any atom is 0.416 e. The number of carboxylic acids is 3. The largest absolute Gasteiger partial charge is 0.478 e. The van der Waals surface area contributed by atoms with Crippen LogP contribution in [-0.4, -0.2) is 53.2 Å². The van der Waals surface area contributed by atoms with Gasteiger partial charge in [-0.1, -0.05) is 12.1 Å². The Labute approximate surface area is 190 Å². The number of carboxylic acid groups (broad SMARTS) is 3. The first-order valence-electron chi connectivity index (χ1n) is 9.72. The van der Waals surface area contributed by atoms with Gasteiger partial charge in [0.05, 0.1) is 22.2 Å². The van der Waals surface area contributed by atoms with Gasteiger partial charge in [0.15, 0.2) is 5.82 Å². The molecule has 5 N–H and O–H groups in total. The third-order valence-corrected chi connectivity index (χ3v) is 5.43. The zero-order chi connectivity index (χ0) is 25.2. The number of pyridine rings is 1. The Balaban J connectivity index is 1.94. The number of alkyl halides is 3. The van der Waals surface area contributed by atoms with Crippen LogP contribution in [0.5, 0.6) is 0 Å². The minimum atomic E-state index is -4.63. The van der Waals surface area contributed by atoms with Gasteiger partial charge in [0.25, 0.3) is 0 Å². The number of carbonyl (C=O) groups is 3. The number of nitrogens with one attached hydrogen (secondary N) is 2. The molecule has 0 saturated carbocycles. The number of benzene rings is 2.